The smallest absolute Gasteiger partial charge is 0.255 e. The van der Waals surface area contributed by atoms with Crippen LogP contribution in [-0.2, 0) is 4.74 Å². The van der Waals surface area contributed by atoms with Gasteiger partial charge in [-0.3, -0.25) is 4.79 Å². The molecule has 2 rings (SSSR count). The molecule has 1 amide bonds. The van der Waals surface area contributed by atoms with E-state index in [0.29, 0.717) is 41.0 Å². The highest BCUT2D eigenvalue weighted by molar-refractivity contribution is 6.31. The molecule has 0 unspecified atom stereocenters. The highest BCUT2D eigenvalue weighted by Crippen LogP contribution is 2.30. The SMILES string of the molecule is COCCOc1cc(NC(=O)c2cccc(Cl)c2)ccc1OC. The van der Waals surface area contributed by atoms with Crippen LogP contribution in [0.15, 0.2) is 42.5 Å². The second-order valence-electron chi connectivity index (χ2n) is 4.67. The maximum absolute atomic E-state index is 12.2. The molecule has 1 N–H and O–H groups in total. The number of benzene rings is 2. The Morgan fingerprint density at radius 3 is 2.61 bits per heavy atom. The Bertz CT molecular complexity index is 675. The topological polar surface area (TPSA) is 56.8 Å². The molecule has 0 bridgehead atoms. The monoisotopic (exact) mass is 335 g/mol. The molecule has 0 aromatic heterocycles. The largest absolute Gasteiger partial charge is 0.493 e. The lowest BCUT2D eigenvalue weighted by Crippen LogP contribution is -2.12. The lowest BCUT2D eigenvalue weighted by atomic mass is 10.2. The van der Waals surface area contributed by atoms with Crippen LogP contribution in [0.3, 0.4) is 0 Å². The van der Waals surface area contributed by atoms with Gasteiger partial charge in [-0.05, 0) is 30.3 Å². The number of carbonyl (C=O) groups is 1. The second-order valence-corrected chi connectivity index (χ2v) is 5.11. The van der Waals surface area contributed by atoms with Gasteiger partial charge in [0, 0.05) is 29.4 Å². The van der Waals surface area contributed by atoms with Crippen molar-refractivity contribution < 1.29 is 19.0 Å². The summed E-state index contributed by atoms with van der Waals surface area (Å²) >= 11 is 5.90. The summed E-state index contributed by atoms with van der Waals surface area (Å²) < 4.78 is 15.8. The molecule has 122 valence electrons. The molecule has 0 fully saturated rings. The van der Waals surface area contributed by atoms with Crippen LogP contribution in [0.4, 0.5) is 5.69 Å². The molecule has 0 radical (unpaired) electrons. The van der Waals surface area contributed by atoms with E-state index in [1.165, 1.54) is 0 Å². The summed E-state index contributed by atoms with van der Waals surface area (Å²) in [6, 6.07) is 11.9. The van der Waals surface area contributed by atoms with Gasteiger partial charge in [0.2, 0.25) is 0 Å². The predicted octanol–water partition coefficient (Wildman–Crippen LogP) is 3.63. The predicted molar refractivity (Wildman–Crippen MR) is 89.8 cm³/mol. The Labute approximate surface area is 140 Å². The van der Waals surface area contributed by atoms with Gasteiger partial charge in [0.15, 0.2) is 11.5 Å². The number of amides is 1. The van der Waals surface area contributed by atoms with E-state index in [2.05, 4.69) is 5.32 Å². The van der Waals surface area contributed by atoms with Crippen molar-refractivity contribution in [1.82, 2.24) is 0 Å². The molecular formula is C17H18ClNO4. The van der Waals surface area contributed by atoms with E-state index >= 15 is 0 Å². The zero-order valence-corrected chi connectivity index (χ0v) is 13.7. The number of hydrogen-bond acceptors (Lipinski definition) is 4. The third-order valence-corrected chi connectivity index (χ3v) is 3.29. The fourth-order valence-corrected chi connectivity index (χ4v) is 2.13. The quantitative estimate of drug-likeness (QED) is 0.785. The Balaban J connectivity index is 2.13. The van der Waals surface area contributed by atoms with E-state index in [1.54, 1.807) is 56.7 Å². The zero-order chi connectivity index (χ0) is 16.7. The van der Waals surface area contributed by atoms with Crippen molar-refractivity contribution in [3.05, 3.63) is 53.1 Å². The third-order valence-electron chi connectivity index (χ3n) is 3.05. The van der Waals surface area contributed by atoms with Crippen molar-refractivity contribution in [2.24, 2.45) is 0 Å². The molecule has 23 heavy (non-hydrogen) atoms. The first kappa shape index (κ1) is 17.1. The molecule has 2 aromatic carbocycles. The number of nitrogens with one attached hydrogen (secondary N) is 1. The zero-order valence-electron chi connectivity index (χ0n) is 13.0. The van der Waals surface area contributed by atoms with Crippen molar-refractivity contribution >= 4 is 23.2 Å². The van der Waals surface area contributed by atoms with Gasteiger partial charge in [0.1, 0.15) is 6.61 Å². The van der Waals surface area contributed by atoms with E-state index < -0.39 is 0 Å². The van der Waals surface area contributed by atoms with Gasteiger partial charge >= 0.3 is 0 Å². The Morgan fingerprint density at radius 1 is 1.09 bits per heavy atom. The summed E-state index contributed by atoms with van der Waals surface area (Å²) in [4.78, 5) is 12.2. The number of carbonyl (C=O) groups excluding carboxylic acids is 1. The van der Waals surface area contributed by atoms with E-state index in [-0.39, 0.29) is 5.91 Å². The van der Waals surface area contributed by atoms with Gasteiger partial charge in [-0.25, -0.2) is 0 Å². The molecule has 5 nitrogen and oxygen atoms in total. The molecule has 0 heterocycles. The summed E-state index contributed by atoms with van der Waals surface area (Å²) in [7, 11) is 3.16. The molecule has 6 heteroatoms. The minimum Gasteiger partial charge on any atom is -0.493 e. The van der Waals surface area contributed by atoms with Gasteiger partial charge < -0.3 is 19.5 Å². The van der Waals surface area contributed by atoms with E-state index in [0.717, 1.165) is 0 Å². The molecule has 0 aliphatic heterocycles. The third kappa shape index (κ3) is 4.87. The summed E-state index contributed by atoms with van der Waals surface area (Å²) in [5, 5.41) is 3.31. The van der Waals surface area contributed by atoms with Crippen LogP contribution in [0, 0.1) is 0 Å². The fourth-order valence-electron chi connectivity index (χ4n) is 1.94. The van der Waals surface area contributed by atoms with Crippen LogP contribution in [0.25, 0.3) is 0 Å². The first-order valence-electron chi connectivity index (χ1n) is 7.00. The minimum atomic E-state index is -0.250. The number of halogens is 1. The van der Waals surface area contributed by atoms with Crippen molar-refractivity contribution in [2.75, 3.05) is 32.8 Å². The van der Waals surface area contributed by atoms with Crippen LogP contribution in [-0.4, -0.2) is 33.3 Å². The number of anilines is 1. The first-order valence-corrected chi connectivity index (χ1v) is 7.38. The highest BCUT2D eigenvalue weighted by atomic mass is 35.5. The first-order chi connectivity index (χ1) is 11.1. The fraction of sp³-hybridized carbons (Fsp3) is 0.235. The maximum atomic E-state index is 12.2. The number of methoxy groups -OCH3 is 2. The maximum Gasteiger partial charge on any atom is 0.255 e. The normalized spacial score (nSPS) is 10.2. The summed E-state index contributed by atoms with van der Waals surface area (Å²) in [6.45, 7) is 0.848. The van der Waals surface area contributed by atoms with Crippen LogP contribution in [0.2, 0.25) is 5.02 Å². The number of rotatable bonds is 7. The molecule has 2 aromatic rings. The van der Waals surface area contributed by atoms with E-state index in [1.807, 2.05) is 0 Å². The Kier molecular flexibility index (Phi) is 6.26. The van der Waals surface area contributed by atoms with Crippen molar-refractivity contribution in [2.45, 2.75) is 0 Å². The highest BCUT2D eigenvalue weighted by Gasteiger charge is 2.10. The molecule has 0 spiro atoms. The Morgan fingerprint density at radius 2 is 1.91 bits per heavy atom. The van der Waals surface area contributed by atoms with Crippen LogP contribution in [0.1, 0.15) is 10.4 Å². The van der Waals surface area contributed by atoms with E-state index in [9.17, 15) is 4.79 Å². The molecule has 0 saturated carbocycles. The van der Waals surface area contributed by atoms with Crippen LogP contribution in [0.5, 0.6) is 11.5 Å². The van der Waals surface area contributed by atoms with Crippen LogP contribution < -0.4 is 14.8 Å². The standard InChI is InChI=1S/C17H18ClNO4/c1-21-8-9-23-16-11-14(6-7-15(16)22-2)19-17(20)12-4-3-5-13(18)10-12/h3-7,10-11H,8-9H2,1-2H3,(H,19,20). The van der Waals surface area contributed by atoms with Gasteiger partial charge in [-0.15, -0.1) is 0 Å². The van der Waals surface area contributed by atoms with Gasteiger partial charge in [-0.2, -0.15) is 0 Å². The van der Waals surface area contributed by atoms with E-state index in [4.69, 9.17) is 25.8 Å². The average Bonchev–Trinajstić information content (AvgIpc) is 2.55. The lowest BCUT2D eigenvalue weighted by molar-refractivity contribution is 0.102. The number of hydrogen-bond donors (Lipinski definition) is 1. The minimum absolute atomic E-state index is 0.250. The molecule has 0 atom stereocenters. The summed E-state index contributed by atoms with van der Waals surface area (Å²) in [6.07, 6.45) is 0. The molecule has 0 aliphatic rings. The summed E-state index contributed by atoms with van der Waals surface area (Å²) in [5.74, 6) is 0.871. The van der Waals surface area contributed by atoms with Crippen molar-refractivity contribution in [3.8, 4) is 11.5 Å². The van der Waals surface area contributed by atoms with Gasteiger partial charge in [0.25, 0.3) is 5.91 Å². The van der Waals surface area contributed by atoms with Gasteiger partial charge in [-0.1, -0.05) is 17.7 Å². The average molecular weight is 336 g/mol. The number of ether oxygens (including phenoxy) is 3. The Hall–Kier alpha value is -2.24. The second kappa shape index (κ2) is 8.41. The molecule has 0 aliphatic carbocycles. The van der Waals surface area contributed by atoms with Crippen LogP contribution >= 0.6 is 11.6 Å². The lowest BCUT2D eigenvalue weighted by Gasteiger charge is -2.13. The van der Waals surface area contributed by atoms with Crippen molar-refractivity contribution in [1.29, 1.82) is 0 Å². The van der Waals surface area contributed by atoms with Gasteiger partial charge in [0.05, 0.1) is 13.7 Å². The van der Waals surface area contributed by atoms with Crippen molar-refractivity contribution in [3.63, 3.8) is 0 Å². The summed E-state index contributed by atoms with van der Waals surface area (Å²) in [5.41, 5.74) is 1.08. The molecule has 0 saturated heterocycles. The molecular weight excluding hydrogens is 318 g/mol.